The standard InChI is InChI=1S/C13H17FN2O/c1-10-8-15-5-6-16(13(10)17)9-11-3-2-4-12(14)7-11/h2-4,7,10,15H,5-6,8-9H2,1H3. The van der Waals surface area contributed by atoms with Crippen LogP contribution in [0.4, 0.5) is 4.39 Å². The van der Waals surface area contributed by atoms with Crippen molar-refractivity contribution in [2.75, 3.05) is 19.6 Å². The van der Waals surface area contributed by atoms with Crippen LogP contribution >= 0.6 is 0 Å². The maximum atomic E-state index is 13.1. The van der Waals surface area contributed by atoms with Crippen LogP contribution < -0.4 is 5.32 Å². The molecule has 0 aliphatic carbocycles. The van der Waals surface area contributed by atoms with Gasteiger partial charge in [-0.15, -0.1) is 0 Å². The maximum Gasteiger partial charge on any atom is 0.227 e. The lowest BCUT2D eigenvalue weighted by Crippen LogP contribution is -2.34. The van der Waals surface area contributed by atoms with Crippen molar-refractivity contribution in [3.05, 3.63) is 35.6 Å². The minimum Gasteiger partial charge on any atom is -0.337 e. The predicted molar refractivity (Wildman–Crippen MR) is 63.9 cm³/mol. The van der Waals surface area contributed by atoms with E-state index in [-0.39, 0.29) is 17.6 Å². The third-order valence-electron chi connectivity index (χ3n) is 3.00. The Labute approximate surface area is 101 Å². The first-order chi connectivity index (χ1) is 8.16. The van der Waals surface area contributed by atoms with E-state index in [1.165, 1.54) is 12.1 Å². The van der Waals surface area contributed by atoms with Crippen molar-refractivity contribution >= 4 is 5.91 Å². The number of hydrogen-bond donors (Lipinski definition) is 1. The summed E-state index contributed by atoms with van der Waals surface area (Å²) in [4.78, 5) is 13.8. The number of carbonyl (C=O) groups is 1. The Bertz CT molecular complexity index is 408. The first-order valence-corrected chi connectivity index (χ1v) is 5.91. The molecule has 1 unspecified atom stereocenters. The molecule has 0 spiro atoms. The van der Waals surface area contributed by atoms with Gasteiger partial charge in [0.1, 0.15) is 5.82 Å². The first-order valence-electron chi connectivity index (χ1n) is 5.91. The molecule has 0 saturated carbocycles. The average molecular weight is 236 g/mol. The molecule has 1 aliphatic heterocycles. The highest BCUT2D eigenvalue weighted by Gasteiger charge is 2.22. The molecule has 1 amide bonds. The van der Waals surface area contributed by atoms with Gasteiger partial charge in [-0.2, -0.15) is 0 Å². The molecule has 4 heteroatoms. The van der Waals surface area contributed by atoms with Gasteiger partial charge in [0.15, 0.2) is 0 Å². The molecule has 1 heterocycles. The summed E-state index contributed by atoms with van der Waals surface area (Å²) in [6, 6.07) is 6.42. The lowest BCUT2D eigenvalue weighted by Gasteiger charge is -2.22. The minimum absolute atomic E-state index is 0.00828. The van der Waals surface area contributed by atoms with Gasteiger partial charge >= 0.3 is 0 Å². The highest BCUT2D eigenvalue weighted by Crippen LogP contribution is 2.11. The number of nitrogens with zero attached hydrogens (tertiary/aromatic N) is 1. The molecule has 0 bridgehead atoms. The highest BCUT2D eigenvalue weighted by atomic mass is 19.1. The summed E-state index contributed by atoms with van der Waals surface area (Å²) in [6.07, 6.45) is 0. The van der Waals surface area contributed by atoms with Gasteiger partial charge in [-0.05, 0) is 17.7 Å². The van der Waals surface area contributed by atoms with Gasteiger partial charge < -0.3 is 10.2 Å². The average Bonchev–Trinajstić information content (AvgIpc) is 2.45. The van der Waals surface area contributed by atoms with Crippen molar-refractivity contribution in [3.63, 3.8) is 0 Å². The van der Waals surface area contributed by atoms with Crippen LogP contribution in [0.15, 0.2) is 24.3 Å². The maximum absolute atomic E-state index is 13.1. The van der Waals surface area contributed by atoms with Crippen LogP contribution in [0.25, 0.3) is 0 Å². The summed E-state index contributed by atoms with van der Waals surface area (Å²) in [5.41, 5.74) is 0.840. The van der Waals surface area contributed by atoms with Gasteiger partial charge in [0, 0.05) is 32.1 Å². The summed E-state index contributed by atoms with van der Waals surface area (Å²) in [6.45, 7) is 4.60. The van der Waals surface area contributed by atoms with Gasteiger partial charge in [0.05, 0.1) is 0 Å². The predicted octanol–water partition coefficient (Wildman–Crippen LogP) is 1.39. The molecular weight excluding hydrogens is 219 g/mol. The van der Waals surface area contributed by atoms with Crippen LogP contribution in [-0.4, -0.2) is 30.4 Å². The van der Waals surface area contributed by atoms with Crippen LogP contribution in [0.2, 0.25) is 0 Å². The number of benzene rings is 1. The number of halogens is 1. The van der Waals surface area contributed by atoms with Crippen molar-refractivity contribution in [2.24, 2.45) is 5.92 Å². The highest BCUT2D eigenvalue weighted by molar-refractivity contribution is 5.79. The normalized spacial score (nSPS) is 21.4. The van der Waals surface area contributed by atoms with Crippen molar-refractivity contribution < 1.29 is 9.18 Å². The lowest BCUT2D eigenvalue weighted by molar-refractivity contribution is -0.134. The largest absolute Gasteiger partial charge is 0.337 e. The van der Waals surface area contributed by atoms with Crippen LogP contribution in [-0.2, 0) is 11.3 Å². The van der Waals surface area contributed by atoms with Gasteiger partial charge in [-0.25, -0.2) is 4.39 Å². The topological polar surface area (TPSA) is 32.3 Å². The van der Waals surface area contributed by atoms with Crippen LogP contribution in [0.1, 0.15) is 12.5 Å². The zero-order chi connectivity index (χ0) is 12.3. The fraction of sp³-hybridized carbons (Fsp3) is 0.462. The van der Waals surface area contributed by atoms with Crippen LogP contribution in [0.3, 0.4) is 0 Å². The molecule has 92 valence electrons. The zero-order valence-corrected chi connectivity index (χ0v) is 9.95. The molecule has 1 N–H and O–H groups in total. The Hall–Kier alpha value is -1.42. The number of amides is 1. The summed E-state index contributed by atoms with van der Waals surface area (Å²) < 4.78 is 13.1. The molecule has 0 aromatic heterocycles. The fourth-order valence-corrected chi connectivity index (χ4v) is 2.05. The lowest BCUT2D eigenvalue weighted by atomic mass is 10.1. The van der Waals surface area contributed by atoms with Gasteiger partial charge in [-0.3, -0.25) is 4.79 Å². The van der Waals surface area contributed by atoms with E-state index in [0.29, 0.717) is 13.1 Å². The van der Waals surface area contributed by atoms with Gasteiger partial charge in [0.2, 0.25) is 5.91 Å². The number of rotatable bonds is 2. The molecule has 2 rings (SSSR count). The van der Waals surface area contributed by atoms with E-state index in [1.54, 1.807) is 11.0 Å². The van der Waals surface area contributed by atoms with E-state index in [0.717, 1.165) is 18.7 Å². The van der Waals surface area contributed by atoms with E-state index in [9.17, 15) is 9.18 Å². The van der Waals surface area contributed by atoms with Crippen molar-refractivity contribution in [1.29, 1.82) is 0 Å². The van der Waals surface area contributed by atoms with Gasteiger partial charge in [-0.1, -0.05) is 19.1 Å². The van der Waals surface area contributed by atoms with E-state index >= 15 is 0 Å². The molecule has 17 heavy (non-hydrogen) atoms. The third kappa shape index (κ3) is 3.03. The molecule has 1 aromatic carbocycles. The van der Waals surface area contributed by atoms with Crippen LogP contribution in [0.5, 0.6) is 0 Å². The molecule has 0 radical (unpaired) electrons. The molecule has 1 saturated heterocycles. The number of carbonyl (C=O) groups excluding carboxylic acids is 1. The first kappa shape index (κ1) is 12.0. The molecule has 1 aliphatic rings. The minimum atomic E-state index is -0.254. The van der Waals surface area contributed by atoms with Crippen LogP contribution in [0, 0.1) is 11.7 Å². The van der Waals surface area contributed by atoms with E-state index < -0.39 is 0 Å². The third-order valence-corrected chi connectivity index (χ3v) is 3.00. The molecule has 1 aromatic rings. The zero-order valence-electron chi connectivity index (χ0n) is 9.95. The van der Waals surface area contributed by atoms with Crippen molar-refractivity contribution in [3.8, 4) is 0 Å². The molecule has 1 fully saturated rings. The Morgan fingerprint density at radius 2 is 2.35 bits per heavy atom. The Morgan fingerprint density at radius 1 is 1.53 bits per heavy atom. The smallest absolute Gasteiger partial charge is 0.227 e. The number of hydrogen-bond acceptors (Lipinski definition) is 2. The van der Waals surface area contributed by atoms with Gasteiger partial charge in [0.25, 0.3) is 0 Å². The summed E-state index contributed by atoms with van der Waals surface area (Å²) >= 11 is 0. The monoisotopic (exact) mass is 236 g/mol. The SMILES string of the molecule is CC1CNCCN(Cc2cccc(F)c2)C1=O. The molecular formula is C13H17FN2O. The summed E-state index contributed by atoms with van der Waals surface area (Å²) in [5.74, 6) is -0.124. The second-order valence-corrected chi connectivity index (χ2v) is 4.49. The summed E-state index contributed by atoms with van der Waals surface area (Å²) in [5, 5.41) is 3.22. The quantitative estimate of drug-likeness (QED) is 0.841. The van der Waals surface area contributed by atoms with E-state index in [1.807, 2.05) is 13.0 Å². The number of nitrogens with one attached hydrogen (secondary N) is 1. The Morgan fingerprint density at radius 3 is 3.12 bits per heavy atom. The van der Waals surface area contributed by atoms with Crippen molar-refractivity contribution in [2.45, 2.75) is 13.5 Å². The molecule has 3 nitrogen and oxygen atoms in total. The van der Waals surface area contributed by atoms with E-state index in [2.05, 4.69) is 5.32 Å². The summed E-state index contributed by atoms with van der Waals surface area (Å²) in [7, 11) is 0. The Kier molecular flexibility index (Phi) is 3.74. The second-order valence-electron chi connectivity index (χ2n) is 4.49. The van der Waals surface area contributed by atoms with E-state index in [4.69, 9.17) is 0 Å². The molecule has 1 atom stereocenters. The Balaban J connectivity index is 2.08. The fourth-order valence-electron chi connectivity index (χ4n) is 2.05. The van der Waals surface area contributed by atoms with Crippen molar-refractivity contribution in [1.82, 2.24) is 10.2 Å². The second kappa shape index (κ2) is 5.27.